The van der Waals surface area contributed by atoms with Crippen LogP contribution in [-0.4, -0.2) is 64.4 Å². The summed E-state index contributed by atoms with van der Waals surface area (Å²) in [6.07, 6.45) is 8.19. The number of sulfonamides is 1. The zero-order valence-corrected chi connectivity index (χ0v) is 20.3. The fraction of sp³-hybridized carbons (Fsp3) is 0.708. The third kappa shape index (κ3) is 8.14. The van der Waals surface area contributed by atoms with E-state index in [0.29, 0.717) is 17.4 Å². The molecule has 1 aromatic carbocycles. The summed E-state index contributed by atoms with van der Waals surface area (Å²) in [5.74, 6) is 1.06. The van der Waals surface area contributed by atoms with Crippen LogP contribution in [0.3, 0.4) is 0 Å². The van der Waals surface area contributed by atoms with Crippen molar-refractivity contribution in [3.63, 3.8) is 0 Å². The molecule has 1 saturated heterocycles. The van der Waals surface area contributed by atoms with Crippen LogP contribution in [0.2, 0.25) is 0 Å². The number of ether oxygens (including phenoxy) is 1. The first-order valence-corrected chi connectivity index (χ1v) is 13.9. The van der Waals surface area contributed by atoms with Gasteiger partial charge in [0.1, 0.15) is 0 Å². The number of likely N-dealkylation sites (tertiary alicyclic amines) is 1. The van der Waals surface area contributed by atoms with Gasteiger partial charge in [0.2, 0.25) is 10.0 Å². The first kappa shape index (κ1) is 25.1. The minimum Gasteiger partial charge on any atom is -0.381 e. The maximum Gasteiger partial charge on any atom is 0.251 e. The van der Waals surface area contributed by atoms with Gasteiger partial charge in [0.15, 0.2) is 0 Å². The van der Waals surface area contributed by atoms with Crippen LogP contribution in [0.1, 0.15) is 61.4 Å². The highest BCUT2D eigenvalue weighted by molar-refractivity contribution is 7.88. The molecule has 0 unspecified atom stereocenters. The number of piperidine rings is 1. The molecule has 0 aromatic heterocycles. The molecule has 2 N–H and O–H groups in total. The van der Waals surface area contributed by atoms with E-state index >= 15 is 0 Å². The van der Waals surface area contributed by atoms with E-state index in [0.717, 1.165) is 63.9 Å². The summed E-state index contributed by atoms with van der Waals surface area (Å²) in [6.45, 7) is 7.20. The van der Waals surface area contributed by atoms with Gasteiger partial charge in [-0.15, -0.1) is 0 Å². The Labute approximate surface area is 193 Å². The normalized spacial score (nSPS) is 24.9. The van der Waals surface area contributed by atoms with Gasteiger partial charge in [-0.1, -0.05) is 25.0 Å². The van der Waals surface area contributed by atoms with E-state index in [9.17, 15) is 13.2 Å². The molecule has 180 valence electrons. The van der Waals surface area contributed by atoms with Gasteiger partial charge in [0.25, 0.3) is 5.91 Å². The SMILES string of the molecule is CCOC[C@H]1CCCN(C[C@H]2CCCC[C@@H]2NC(=O)c2ccc(CNS(C)(=O)=O)cc2)C1. The zero-order valence-electron chi connectivity index (χ0n) is 19.5. The number of amides is 1. The van der Waals surface area contributed by atoms with Crippen LogP contribution >= 0.6 is 0 Å². The van der Waals surface area contributed by atoms with E-state index in [4.69, 9.17) is 4.74 Å². The number of nitrogens with zero attached hydrogens (tertiary/aromatic N) is 1. The van der Waals surface area contributed by atoms with Crippen LogP contribution in [0.15, 0.2) is 24.3 Å². The van der Waals surface area contributed by atoms with Crippen molar-refractivity contribution in [3.05, 3.63) is 35.4 Å². The first-order valence-electron chi connectivity index (χ1n) is 12.0. The molecule has 0 bridgehead atoms. The lowest BCUT2D eigenvalue weighted by atomic mass is 9.83. The van der Waals surface area contributed by atoms with E-state index in [2.05, 4.69) is 21.9 Å². The lowest BCUT2D eigenvalue weighted by Crippen LogP contribution is -2.48. The molecule has 0 radical (unpaired) electrons. The third-order valence-corrected chi connectivity index (χ3v) is 7.30. The van der Waals surface area contributed by atoms with Crippen LogP contribution in [0, 0.1) is 11.8 Å². The van der Waals surface area contributed by atoms with Crippen molar-refractivity contribution in [1.29, 1.82) is 0 Å². The Morgan fingerprint density at radius 3 is 2.59 bits per heavy atom. The van der Waals surface area contributed by atoms with Crippen LogP contribution in [0.25, 0.3) is 0 Å². The van der Waals surface area contributed by atoms with Crippen molar-refractivity contribution in [3.8, 4) is 0 Å². The Morgan fingerprint density at radius 1 is 1.12 bits per heavy atom. The molecule has 3 rings (SSSR count). The van der Waals surface area contributed by atoms with E-state index in [1.807, 2.05) is 0 Å². The molecule has 3 atom stereocenters. The molecule has 2 aliphatic rings. The molecule has 1 aliphatic carbocycles. The van der Waals surface area contributed by atoms with Crippen molar-refractivity contribution in [1.82, 2.24) is 14.9 Å². The van der Waals surface area contributed by atoms with Gasteiger partial charge in [-0.25, -0.2) is 13.1 Å². The number of hydrogen-bond donors (Lipinski definition) is 2. The Hall–Kier alpha value is -1.48. The predicted octanol–water partition coefficient (Wildman–Crippen LogP) is 2.77. The number of nitrogens with one attached hydrogen (secondary N) is 2. The van der Waals surface area contributed by atoms with Crippen molar-refractivity contribution < 1.29 is 17.9 Å². The van der Waals surface area contributed by atoms with Crippen molar-refractivity contribution in [2.75, 3.05) is 39.1 Å². The Morgan fingerprint density at radius 2 is 1.88 bits per heavy atom. The van der Waals surface area contributed by atoms with E-state index in [1.54, 1.807) is 24.3 Å². The molecule has 1 heterocycles. The summed E-state index contributed by atoms with van der Waals surface area (Å²) in [5, 5.41) is 3.29. The lowest BCUT2D eigenvalue weighted by Gasteiger charge is -2.39. The second-order valence-electron chi connectivity index (χ2n) is 9.34. The summed E-state index contributed by atoms with van der Waals surface area (Å²) >= 11 is 0. The maximum absolute atomic E-state index is 12.9. The standard InChI is InChI=1S/C24H39N3O4S/c1-3-31-18-20-7-6-14-27(16-20)17-22-8-4-5-9-23(22)26-24(28)21-12-10-19(11-13-21)15-25-32(2,29)30/h10-13,20,22-23,25H,3-9,14-18H2,1-2H3,(H,26,28)/t20-,22+,23-/m0/s1. The molecule has 1 aliphatic heterocycles. The summed E-state index contributed by atoms with van der Waals surface area (Å²) in [6, 6.07) is 7.36. The van der Waals surface area contributed by atoms with Crippen LogP contribution in [0.5, 0.6) is 0 Å². The third-order valence-electron chi connectivity index (χ3n) is 6.63. The second kappa shape index (κ2) is 12.1. The number of benzene rings is 1. The van der Waals surface area contributed by atoms with Crippen molar-refractivity contribution in [2.45, 2.75) is 58.0 Å². The summed E-state index contributed by atoms with van der Waals surface area (Å²) in [5.41, 5.74) is 1.45. The summed E-state index contributed by atoms with van der Waals surface area (Å²) < 4.78 is 30.6. The van der Waals surface area contributed by atoms with E-state index in [-0.39, 0.29) is 18.5 Å². The molecule has 32 heavy (non-hydrogen) atoms. The highest BCUT2D eigenvalue weighted by Gasteiger charge is 2.30. The number of carbonyl (C=O) groups excluding carboxylic acids is 1. The lowest BCUT2D eigenvalue weighted by molar-refractivity contribution is 0.0548. The number of carbonyl (C=O) groups is 1. The molecule has 8 heteroatoms. The van der Waals surface area contributed by atoms with Gasteiger partial charge in [-0.3, -0.25) is 4.79 Å². The summed E-state index contributed by atoms with van der Waals surface area (Å²) in [4.78, 5) is 15.5. The molecular weight excluding hydrogens is 426 g/mol. The Kier molecular flexibility index (Phi) is 9.52. The second-order valence-corrected chi connectivity index (χ2v) is 11.2. The predicted molar refractivity (Wildman–Crippen MR) is 127 cm³/mol. The molecule has 1 saturated carbocycles. The quantitative estimate of drug-likeness (QED) is 0.555. The minimum absolute atomic E-state index is 0.0441. The van der Waals surface area contributed by atoms with Gasteiger partial charge >= 0.3 is 0 Å². The Balaban J connectivity index is 1.53. The number of hydrogen-bond acceptors (Lipinski definition) is 5. The van der Waals surface area contributed by atoms with Gasteiger partial charge in [-0.2, -0.15) is 0 Å². The Bertz CT molecular complexity index is 828. The highest BCUT2D eigenvalue weighted by atomic mass is 32.2. The largest absolute Gasteiger partial charge is 0.381 e. The van der Waals surface area contributed by atoms with Crippen LogP contribution in [-0.2, 0) is 21.3 Å². The monoisotopic (exact) mass is 465 g/mol. The molecule has 1 amide bonds. The average molecular weight is 466 g/mol. The smallest absolute Gasteiger partial charge is 0.251 e. The molecule has 7 nitrogen and oxygen atoms in total. The zero-order chi connectivity index (χ0) is 23.0. The van der Waals surface area contributed by atoms with Crippen molar-refractivity contribution >= 4 is 15.9 Å². The van der Waals surface area contributed by atoms with E-state index in [1.165, 1.54) is 19.3 Å². The topological polar surface area (TPSA) is 87.7 Å². The fourth-order valence-corrected chi connectivity index (χ4v) is 5.35. The summed E-state index contributed by atoms with van der Waals surface area (Å²) in [7, 11) is -3.24. The van der Waals surface area contributed by atoms with Gasteiger partial charge in [0.05, 0.1) is 12.9 Å². The van der Waals surface area contributed by atoms with E-state index < -0.39 is 10.0 Å². The highest BCUT2D eigenvalue weighted by Crippen LogP contribution is 2.27. The van der Waals surface area contributed by atoms with Crippen LogP contribution < -0.4 is 10.0 Å². The molecule has 1 aromatic rings. The van der Waals surface area contributed by atoms with Gasteiger partial charge in [0, 0.05) is 37.8 Å². The number of rotatable bonds is 10. The molecule has 2 fully saturated rings. The van der Waals surface area contributed by atoms with Crippen LogP contribution in [0.4, 0.5) is 0 Å². The minimum atomic E-state index is -3.24. The first-order chi connectivity index (χ1) is 15.3. The fourth-order valence-electron chi connectivity index (χ4n) is 4.93. The van der Waals surface area contributed by atoms with Crippen molar-refractivity contribution in [2.24, 2.45) is 11.8 Å². The van der Waals surface area contributed by atoms with Gasteiger partial charge in [-0.05, 0) is 68.7 Å². The average Bonchev–Trinajstić information content (AvgIpc) is 2.78. The molecular formula is C24H39N3O4S. The molecule has 0 spiro atoms. The maximum atomic E-state index is 12.9. The van der Waals surface area contributed by atoms with Gasteiger partial charge < -0.3 is 15.0 Å².